The Labute approximate surface area is 622 Å². The number of hydrogen-bond acceptors (Lipinski definition) is 42. The van der Waals surface area contributed by atoms with Gasteiger partial charge in [-0.2, -0.15) is 13.2 Å². The first kappa shape index (κ1) is 88.7. The van der Waals surface area contributed by atoms with Crippen LogP contribution >= 0.6 is 0 Å². The van der Waals surface area contributed by atoms with E-state index in [4.69, 9.17) is 80.5 Å². The van der Waals surface area contributed by atoms with Crippen LogP contribution in [0.3, 0.4) is 0 Å². The fourth-order valence-corrected chi connectivity index (χ4v) is 14.0. The van der Waals surface area contributed by atoms with Crippen molar-refractivity contribution in [3.05, 3.63) is 65.7 Å². The molecule has 0 radical (unpaired) electrons. The number of aliphatic hydroxyl groups excluding tert-OH is 24. The molecule has 42 nitrogen and oxygen atoms in total. The van der Waals surface area contributed by atoms with Crippen molar-refractivity contribution >= 4 is 0 Å². The number of aliphatic hydroxyl groups is 24. The number of ether oxygens (including phenoxy) is 17. The van der Waals surface area contributed by atoms with Gasteiger partial charge in [0.05, 0.1) is 58.4 Å². The molecule has 2 aromatic carbocycles. The molecule has 1 unspecified atom stereocenters. The summed E-state index contributed by atoms with van der Waals surface area (Å²) >= 11 is 0. The fourth-order valence-electron chi connectivity index (χ4n) is 14.0. The lowest BCUT2D eigenvalue weighted by Gasteiger charge is -2.50. The molecule has 32 rings (SSSR count). The Kier molecular flexibility index (Phi) is 31.5. The average molecular weight is 1610 g/mol. The molecule has 25 N–H and O–H groups in total. The second-order valence-electron chi connectivity index (χ2n) is 27.4. The lowest BCUT2D eigenvalue weighted by atomic mass is 9.94. The molecule has 30 heterocycles. The highest BCUT2D eigenvalue weighted by atomic mass is 19.4. The van der Waals surface area contributed by atoms with Gasteiger partial charge in [-0.3, -0.25) is 0 Å². The third kappa shape index (κ3) is 19.3. The van der Waals surface area contributed by atoms with E-state index in [1.807, 2.05) is 37.4 Å². The smallest absolute Gasteiger partial charge is 0.416 e. The normalized spacial score (nSPS) is 46.9. The number of hydrogen-bond donors (Lipinski definition) is 25. The number of halogens is 3. The van der Waals surface area contributed by atoms with E-state index in [9.17, 15) is 136 Å². The maximum atomic E-state index is 12.6. The number of alkyl halides is 3. The Morgan fingerprint density at radius 1 is 0.300 bits per heavy atom. The van der Waals surface area contributed by atoms with Crippen molar-refractivity contribution in [2.75, 3.05) is 66.4 Å². The highest BCUT2D eigenvalue weighted by Gasteiger charge is 2.61. The van der Waals surface area contributed by atoms with E-state index in [0.29, 0.717) is 5.75 Å². The highest BCUT2D eigenvalue weighted by molar-refractivity contribution is 5.30. The van der Waals surface area contributed by atoms with Gasteiger partial charge in [0, 0.05) is 6.42 Å². The molecule has 41 atom stereocenters. The minimum Gasteiger partial charge on any atom is -0.486 e. The van der Waals surface area contributed by atoms with Gasteiger partial charge in [0.15, 0.2) is 50.3 Å². The minimum absolute atomic E-state index is 0.203. The summed E-state index contributed by atoms with van der Waals surface area (Å²) < 4.78 is 135. The molecular formula is C65H98F3NO41. The topological polar surface area (TPSA) is 654 Å². The summed E-state index contributed by atoms with van der Waals surface area (Å²) in [6.07, 6.45) is -85.8. The van der Waals surface area contributed by atoms with Crippen LogP contribution in [0.5, 0.6) is 5.75 Å². The van der Waals surface area contributed by atoms with Crippen LogP contribution in [-0.4, -0.2) is 435 Å². The van der Waals surface area contributed by atoms with Crippen LogP contribution in [0.4, 0.5) is 13.2 Å². The number of benzene rings is 2. The van der Waals surface area contributed by atoms with Crippen molar-refractivity contribution in [2.24, 2.45) is 0 Å². The lowest BCUT2D eigenvalue weighted by Crippen LogP contribution is -2.69. The molecule has 630 valence electrons. The van der Waals surface area contributed by atoms with Crippen molar-refractivity contribution in [1.29, 1.82) is 0 Å². The summed E-state index contributed by atoms with van der Waals surface area (Å²) in [5.41, 5.74) is 0.323. The largest absolute Gasteiger partial charge is 0.486 e. The van der Waals surface area contributed by atoms with Crippen LogP contribution in [0.15, 0.2) is 54.6 Å². The van der Waals surface area contributed by atoms with E-state index in [1.54, 1.807) is 0 Å². The van der Waals surface area contributed by atoms with E-state index < -0.39 is 310 Å². The van der Waals surface area contributed by atoms with Crippen LogP contribution < -0.4 is 10.1 Å². The molecule has 30 fully saturated rings. The molecule has 30 aliphatic heterocycles. The first-order valence-electron chi connectivity index (χ1n) is 35.2. The molecule has 0 saturated carbocycles. The van der Waals surface area contributed by atoms with Gasteiger partial charge in [0.1, 0.15) is 207 Å². The lowest BCUT2D eigenvalue weighted by molar-refractivity contribution is -0.404. The van der Waals surface area contributed by atoms with Gasteiger partial charge in [-0.15, -0.1) is 0 Å². The Balaban J connectivity index is 0.000000500. The zero-order valence-corrected chi connectivity index (χ0v) is 58.2. The van der Waals surface area contributed by atoms with Crippen LogP contribution in [0.1, 0.15) is 23.7 Å². The van der Waals surface area contributed by atoms with E-state index in [-0.39, 0.29) is 6.10 Å². The van der Waals surface area contributed by atoms with Gasteiger partial charge < -0.3 is 208 Å². The molecule has 0 amide bonds. The fraction of sp³-hybridized carbons (Fsp3) is 0.815. The molecule has 30 saturated heterocycles. The van der Waals surface area contributed by atoms with Gasteiger partial charge in [0.25, 0.3) is 0 Å². The summed E-state index contributed by atoms with van der Waals surface area (Å²) in [6, 6.07) is 14.4. The zero-order chi connectivity index (χ0) is 80.1. The van der Waals surface area contributed by atoms with Crippen LogP contribution in [0.25, 0.3) is 0 Å². The molecule has 0 aromatic heterocycles. The third-order valence-corrected chi connectivity index (χ3v) is 20.2. The summed E-state index contributed by atoms with van der Waals surface area (Å²) in [7, 11) is 1.85. The van der Waals surface area contributed by atoms with Crippen molar-refractivity contribution in [3.8, 4) is 5.75 Å². The summed E-state index contributed by atoms with van der Waals surface area (Å²) in [5, 5.41) is 268. The Morgan fingerprint density at radius 3 is 0.673 bits per heavy atom. The molecule has 45 heteroatoms. The molecule has 0 aliphatic carbocycles. The van der Waals surface area contributed by atoms with Crippen LogP contribution in [-0.2, 0) is 82.0 Å². The number of nitrogens with one attached hydrogen (secondary N) is 1. The molecule has 16 bridgehead atoms. The van der Waals surface area contributed by atoms with Crippen molar-refractivity contribution < 1.29 is 216 Å². The molecular weight excluding hydrogens is 1510 g/mol. The van der Waals surface area contributed by atoms with Crippen molar-refractivity contribution in [3.63, 3.8) is 0 Å². The predicted octanol–water partition coefficient (Wildman–Crippen LogP) is -13.0. The third-order valence-electron chi connectivity index (χ3n) is 20.2. The van der Waals surface area contributed by atoms with Gasteiger partial charge in [-0.05, 0) is 43.4 Å². The van der Waals surface area contributed by atoms with E-state index in [0.717, 1.165) is 30.7 Å². The van der Waals surface area contributed by atoms with Gasteiger partial charge in [0.2, 0.25) is 0 Å². The molecule has 0 spiro atoms. The van der Waals surface area contributed by atoms with Gasteiger partial charge in [-0.25, -0.2) is 0 Å². The van der Waals surface area contributed by atoms with Crippen LogP contribution in [0, 0.1) is 0 Å². The van der Waals surface area contributed by atoms with Gasteiger partial charge >= 0.3 is 6.18 Å². The Hall–Kier alpha value is -3.61. The van der Waals surface area contributed by atoms with E-state index >= 15 is 0 Å². The SMILES string of the molecule is CNCCC(Oc1ccc(C(F)(F)F)cc1)c1ccccc1.OC[C@H]1O[C@@H]2O[C@H]3[C@H](O)[C@@H](O)[C@@H](O[C@H]4[C@H](O)[C@@H](O)[C@@H](O[C@H]5[C@H](O)[C@@H](O)[C@@H](O[C@H]6[C@H](O)[C@@H](O)[C@@H](O[C@H]7[C@H](O)[C@@H](O)[C@@H](O[C@H]8[C@H](O)[C@@H](O)[C@@H](O[C@H]9[C@H](O)[C@@H](O)[C@@H](O[C@H]1[C@H](O)[C@H]2O)O[C@@H]9CO)O[C@@H]8CO)O[C@@H]7CO)O[C@@H]6CO)O[C@@H]5CO)O[C@@H]4CO)O[C@@H]3CO. The predicted molar refractivity (Wildman–Crippen MR) is 341 cm³/mol. The zero-order valence-electron chi connectivity index (χ0n) is 58.2. The quantitative estimate of drug-likeness (QED) is 0.0835. The Morgan fingerprint density at radius 2 is 0.500 bits per heavy atom. The highest BCUT2D eigenvalue weighted by Crippen LogP contribution is 2.41. The maximum Gasteiger partial charge on any atom is 0.416 e. The summed E-state index contributed by atoms with van der Waals surface area (Å²) in [5.74, 6) is 0.429. The second-order valence-corrected chi connectivity index (χ2v) is 27.4. The van der Waals surface area contributed by atoms with Crippen molar-refractivity contribution in [1.82, 2.24) is 5.32 Å². The maximum absolute atomic E-state index is 12.6. The monoisotopic (exact) mass is 1610 g/mol. The van der Waals surface area contributed by atoms with Gasteiger partial charge in [-0.1, -0.05) is 30.3 Å². The van der Waals surface area contributed by atoms with Crippen LogP contribution in [0.2, 0.25) is 0 Å². The molecule has 30 aliphatic rings. The summed E-state index contributed by atoms with van der Waals surface area (Å²) in [6.45, 7) is -7.89. The molecule has 2 aromatic rings. The van der Waals surface area contributed by atoms with E-state index in [2.05, 4.69) is 5.32 Å². The first-order valence-corrected chi connectivity index (χ1v) is 35.2. The standard InChI is InChI=1S/C48H80O40.C17H18F3NO/c49-1-9-33-17(57)25(65)41(73-9)82-34-10(2-50)75-43(27(67)19(34)59)84-36-12(4-52)77-45(29(69)21(36)61)86-38-14(6-54)79-47(31(71)23(38)63)88-40-16(8-56)80-48(32(72)24(40)64)87-39-15(7-55)78-46(30(70)22(39)62)85-37-13(5-53)76-44(28(68)20(37)60)83-35-11(3-51)74-42(81-33)26(66)18(35)58;1-21-12-11-16(13-5-3-2-4-6-13)22-15-9-7-14(8-10-15)17(18,19)20/h9-72H,1-8H2;2-10,16,21H,11-12H2,1H3/t9-,10-,11-,12-,13-,14-,15-,16-,17-,18-,19-,20-,21-,22-,23-,24-,25-,26-,27-,28-,29-,30-,31-,32-,33-,34-,35-,36-,37-,38-,39-,40-,41-,42-,43-,44-,45-,46-,47-,48-;/m1./s1. The molecule has 110 heavy (non-hydrogen) atoms. The Bertz CT molecular complexity index is 2620. The number of rotatable bonds is 14. The summed E-state index contributed by atoms with van der Waals surface area (Å²) in [4.78, 5) is 0. The van der Waals surface area contributed by atoms with E-state index in [1.165, 1.54) is 12.1 Å². The minimum atomic E-state index is -4.33. The second kappa shape index (κ2) is 39.1. The average Bonchev–Trinajstić information content (AvgIpc) is 0.774. The van der Waals surface area contributed by atoms with Crippen molar-refractivity contribution in [2.45, 2.75) is 264 Å². The first-order chi connectivity index (χ1) is 52.4.